The van der Waals surface area contributed by atoms with Crippen molar-refractivity contribution in [2.75, 3.05) is 31.1 Å². The van der Waals surface area contributed by atoms with Crippen LogP contribution in [0.3, 0.4) is 0 Å². The van der Waals surface area contributed by atoms with Crippen molar-refractivity contribution in [3.8, 4) is 0 Å². The Morgan fingerprint density at radius 1 is 1.11 bits per heavy atom. The third kappa shape index (κ3) is 3.37. The Morgan fingerprint density at radius 3 is 2.61 bits per heavy atom. The minimum absolute atomic E-state index is 0.0202. The maximum Gasteiger partial charge on any atom is 0.274 e. The second-order valence-electron chi connectivity index (χ2n) is 7.76. The van der Waals surface area contributed by atoms with E-state index in [-0.39, 0.29) is 17.9 Å². The third-order valence-electron chi connectivity index (χ3n) is 5.81. The number of benzene rings is 1. The number of nitrogens with zero attached hydrogens (tertiary/aromatic N) is 5. The van der Waals surface area contributed by atoms with Crippen LogP contribution in [0.1, 0.15) is 35.6 Å². The van der Waals surface area contributed by atoms with Gasteiger partial charge in [-0.1, -0.05) is 18.2 Å². The van der Waals surface area contributed by atoms with E-state index in [1.807, 2.05) is 15.6 Å². The number of aromatic nitrogens is 2. The molecule has 148 valence electrons. The highest BCUT2D eigenvalue weighted by atomic mass is 16.2. The zero-order valence-electron chi connectivity index (χ0n) is 16.8. The van der Waals surface area contributed by atoms with Crippen molar-refractivity contribution in [3.05, 3.63) is 47.3 Å². The maximum absolute atomic E-state index is 13.1. The number of aryl methyl sites for hydroxylation is 1. The lowest BCUT2D eigenvalue weighted by Gasteiger charge is -2.41. The first-order valence-corrected chi connectivity index (χ1v) is 9.88. The molecule has 0 bridgehead atoms. The predicted molar refractivity (Wildman–Crippen MR) is 107 cm³/mol. The van der Waals surface area contributed by atoms with E-state index in [1.54, 1.807) is 11.8 Å². The molecule has 1 aromatic carbocycles. The molecule has 1 fully saturated rings. The van der Waals surface area contributed by atoms with E-state index in [9.17, 15) is 9.59 Å². The highest BCUT2D eigenvalue weighted by Gasteiger charge is 2.31. The summed E-state index contributed by atoms with van der Waals surface area (Å²) in [5.41, 5.74) is 3.90. The van der Waals surface area contributed by atoms with Crippen molar-refractivity contribution in [1.82, 2.24) is 19.6 Å². The number of rotatable bonds is 2. The number of amides is 2. The molecule has 2 aliphatic heterocycles. The minimum Gasteiger partial charge on any atom is -0.367 e. The molecule has 7 heteroatoms. The zero-order chi connectivity index (χ0) is 19.8. The molecule has 1 aromatic heterocycles. The van der Waals surface area contributed by atoms with Crippen LogP contribution in [-0.2, 0) is 17.9 Å². The fourth-order valence-corrected chi connectivity index (χ4v) is 4.18. The van der Waals surface area contributed by atoms with Crippen LogP contribution in [0.5, 0.6) is 0 Å². The Labute approximate surface area is 165 Å². The summed E-state index contributed by atoms with van der Waals surface area (Å²) in [4.78, 5) is 30.8. The van der Waals surface area contributed by atoms with Gasteiger partial charge in [-0.25, -0.2) is 0 Å². The zero-order valence-corrected chi connectivity index (χ0v) is 16.8. The third-order valence-corrected chi connectivity index (χ3v) is 5.81. The van der Waals surface area contributed by atoms with Crippen LogP contribution in [0.15, 0.2) is 30.3 Å². The molecule has 7 nitrogen and oxygen atoms in total. The molecule has 0 aliphatic carbocycles. The van der Waals surface area contributed by atoms with Gasteiger partial charge in [0.2, 0.25) is 5.91 Å². The summed E-state index contributed by atoms with van der Waals surface area (Å²) in [5.74, 6) is 0.0366. The molecule has 1 saturated heterocycles. The number of carbonyl (C=O) groups is 2. The van der Waals surface area contributed by atoms with Crippen molar-refractivity contribution in [3.63, 3.8) is 0 Å². The first-order valence-electron chi connectivity index (χ1n) is 9.88. The van der Waals surface area contributed by atoms with Crippen LogP contribution in [0.2, 0.25) is 0 Å². The van der Waals surface area contributed by atoms with Gasteiger partial charge in [-0.15, -0.1) is 0 Å². The lowest BCUT2D eigenvalue weighted by Crippen LogP contribution is -2.54. The Kier molecular flexibility index (Phi) is 4.83. The molecule has 1 atom stereocenters. The van der Waals surface area contributed by atoms with Gasteiger partial charge >= 0.3 is 0 Å². The second kappa shape index (κ2) is 7.30. The first-order chi connectivity index (χ1) is 13.4. The van der Waals surface area contributed by atoms with E-state index in [0.29, 0.717) is 31.9 Å². The summed E-state index contributed by atoms with van der Waals surface area (Å²) in [7, 11) is 0. The molecule has 0 saturated carbocycles. The summed E-state index contributed by atoms with van der Waals surface area (Å²) in [6.45, 7) is 9.89. The quantitative estimate of drug-likeness (QED) is 0.797. The molecule has 0 N–H and O–H groups in total. The highest BCUT2D eigenvalue weighted by Crippen LogP contribution is 2.24. The standard InChI is InChI=1S/C21H27N5O2/c1-15-6-4-5-7-20(15)24-8-10-25(16(2)13-24)21(28)19-12-18-14-23(17(3)27)9-11-26(18)22-19/h4-7,12,16H,8-11,13-14H2,1-3H3/t16-/m1/s1. The summed E-state index contributed by atoms with van der Waals surface area (Å²) >= 11 is 0. The normalized spacial score (nSPS) is 19.5. The van der Waals surface area contributed by atoms with Gasteiger partial charge in [0.05, 0.1) is 18.8 Å². The average Bonchev–Trinajstić information content (AvgIpc) is 3.11. The van der Waals surface area contributed by atoms with Crippen LogP contribution < -0.4 is 4.90 Å². The van der Waals surface area contributed by atoms with Gasteiger partial charge in [0.15, 0.2) is 5.69 Å². The second-order valence-corrected chi connectivity index (χ2v) is 7.76. The molecule has 28 heavy (non-hydrogen) atoms. The maximum atomic E-state index is 13.1. The average molecular weight is 381 g/mol. The summed E-state index contributed by atoms with van der Waals surface area (Å²) in [6.07, 6.45) is 0. The van der Waals surface area contributed by atoms with Crippen LogP contribution in [-0.4, -0.2) is 63.6 Å². The molecule has 3 heterocycles. The van der Waals surface area contributed by atoms with Crippen molar-refractivity contribution in [2.45, 2.75) is 39.9 Å². The summed E-state index contributed by atoms with van der Waals surface area (Å²) in [6, 6.07) is 10.3. The number of para-hydroxylation sites is 1. The molecule has 4 rings (SSSR count). The van der Waals surface area contributed by atoms with Crippen LogP contribution >= 0.6 is 0 Å². The Bertz CT molecular complexity index is 906. The Balaban J connectivity index is 1.47. The largest absolute Gasteiger partial charge is 0.367 e. The van der Waals surface area contributed by atoms with E-state index < -0.39 is 0 Å². The SMILES string of the molecule is CC(=O)N1CCn2nc(C(=O)N3CCN(c4ccccc4C)C[C@H]3C)cc2C1. The topological polar surface area (TPSA) is 61.7 Å². The molecule has 0 unspecified atom stereocenters. The van der Waals surface area contributed by atoms with E-state index in [0.717, 1.165) is 18.8 Å². The number of hydrogen-bond acceptors (Lipinski definition) is 4. The number of carbonyl (C=O) groups excluding carboxylic acids is 2. The van der Waals surface area contributed by atoms with Gasteiger partial charge in [-0.2, -0.15) is 5.10 Å². The predicted octanol–water partition coefficient (Wildman–Crippen LogP) is 1.90. The van der Waals surface area contributed by atoms with E-state index >= 15 is 0 Å². The molecule has 0 spiro atoms. The van der Waals surface area contributed by atoms with Gasteiger partial charge in [0.1, 0.15) is 0 Å². The fourth-order valence-electron chi connectivity index (χ4n) is 4.18. The Morgan fingerprint density at radius 2 is 1.89 bits per heavy atom. The van der Waals surface area contributed by atoms with Crippen molar-refractivity contribution in [2.24, 2.45) is 0 Å². The number of piperazine rings is 1. The highest BCUT2D eigenvalue weighted by molar-refractivity contribution is 5.93. The molecule has 2 aromatic rings. The van der Waals surface area contributed by atoms with Crippen LogP contribution in [0, 0.1) is 6.92 Å². The summed E-state index contributed by atoms with van der Waals surface area (Å²) < 4.78 is 1.86. The van der Waals surface area contributed by atoms with E-state index in [2.05, 4.69) is 48.1 Å². The molecule has 2 amide bonds. The van der Waals surface area contributed by atoms with Crippen LogP contribution in [0.25, 0.3) is 0 Å². The van der Waals surface area contributed by atoms with Gasteiger partial charge in [-0.05, 0) is 31.5 Å². The Hall–Kier alpha value is -2.83. The van der Waals surface area contributed by atoms with Crippen molar-refractivity contribution >= 4 is 17.5 Å². The number of anilines is 1. The van der Waals surface area contributed by atoms with Gasteiger partial charge in [0.25, 0.3) is 5.91 Å². The minimum atomic E-state index is -0.0202. The monoisotopic (exact) mass is 381 g/mol. The molecule has 2 aliphatic rings. The summed E-state index contributed by atoms with van der Waals surface area (Å²) in [5, 5.41) is 4.52. The van der Waals surface area contributed by atoms with Gasteiger partial charge < -0.3 is 14.7 Å². The smallest absolute Gasteiger partial charge is 0.274 e. The fraction of sp³-hybridized carbons (Fsp3) is 0.476. The van der Waals surface area contributed by atoms with Crippen molar-refractivity contribution in [1.29, 1.82) is 0 Å². The van der Waals surface area contributed by atoms with Gasteiger partial charge in [-0.3, -0.25) is 14.3 Å². The molecule has 0 radical (unpaired) electrons. The van der Waals surface area contributed by atoms with Crippen LogP contribution in [0.4, 0.5) is 5.69 Å². The van der Waals surface area contributed by atoms with E-state index in [1.165, 1.54) is 11.3 Å². The van der Waals surface area contributed by atoms with Crippen molar-refractivity contribution < 1.29 is 9.59 Å². The van der Waals surface area contributed by atoms with E-state index in [4.69, 9.17) is 0 Å². The first kappa shape index (κ1) is 18.5. The number of hydrogen-bond donors (Lipinski definition) is 0. The number of fused-ring (bicyclic) bond motifs is 1. The lowest BCUT2D eigenvalue weighted by molar-refractivity contribution is -0.130. The lowest BCUT2D eigenvalue weighted by atomic mass is 10.1. The molecular formula is C21H27N5O2. The molecular weight excluding hydrogens is 354 g/mol. The van der Waals surface area contributed by atoms with Gasteiger partial charge in [0, 0.05) is 44.8 Å².